The number of nitrogens with two attached hydrogens (primary N) is 2. The number of nitrogen functional groups attached to an aromatic ring is 2. The maximum atomic E-state index is 7.01. The zero-order chi connectivity index (χ0) is 32.1. The highest BCUT2D eigenvalue weighted by Crippen LogP contribution is 2.52. The van der Waals surface area contributed by atoms with Crippen LogP contribution in [-0.4, -0.2) is 58.3 Å². The van der Waals surface area contributed by atoms with Crippen molar-refractivity contribution < 1.29 is 23.7 Å². The Labute approximate surface area is 270 Å². The molecule has 4 aliphatic rings. The number of hydrogen-bond donors (Lipinski definition) is 2. The lowest BCUT2D eigenvalue weighted by atomic mass is 9.87. The van der Waals surface area contributed by atoms with Crippen molar-refractivity contribution in [3.8, 4) is 40.2 Å². The highest BCUT2D eigenvalue weighted by atomic mass is 16.5. The Morgan fingerprint density at radius 2 is 1.37 bits per heavy atom. The minimum absolute atomic E-state index is 0.0267. The predicted octanol–water partition coefficient (Wildman–Crippen LogP) is 6.32. The van der Waals surface area contributed by atoms with E-state index in [9.17, 15) is 0 Å². The van der Waals surface area contributed by atoms with Crippen molar-refractivity contribution in [2.45, 2.75) is 37.8 Å². The van der Waals surface area contributed by atoms with E-state index in [4.69, 9.17) is 35.2 Å². The van der Waals surface area contributed by atoms with Crippen LogP contribution in [0.25, 0.3) is 0 Å². The lowest BCUT2D eigenvalue weighted by Crippen LogP contribution is -2.34. The van der Waals surface area contributed by atoms with Gasteiger partial charge in [-0.2, -0.15) is 0 Å². The fraction of sp³-hybridized carbons (Fsp3) is 0.351. The summed E-state index contributed by atoms with van der Waals surface area (Å²) in [5.41, 5.74) is 20.7. The second kappa shape index (κ2) is 12.0. The van der Waals surface area contributed by atoms with E-state index in [2.05, 4.69) is 54.2 Å². The lowest BCUT2D eigenvalue weighted by Gasteiger charge is -2.37. The third-order valence-corrected chi connectivity index (χ3v) is 9.85. The number of rotatable bonds is 3. The highest BCUT2D eigenvalue weighted by molar-refractivity contribution is 5.72. The molecule has 0 spiro atoms. The van der Waals surface area contributed by atoms with E-state index in [0.29, 0.717) is 58.0 Å². The molecule has 9 heteroatoms. The zero-order valence-corrected chi connectivity index (χ0v) is 27.2. The van der Waals surface area contributed by atoms with Gasteiger partial charge in [0.2, 0.25) is 5.75 Å². The van der Waals surface area contributed by atoms with Gasteiger partial charge in [-0.25, -0.2) is 0 Å². The minimum Gasteiger partial charge on any atom is -0.493 e. The van der Waals surface area contributed by atoms with Crippen LogP contribution in [0, 0.1) is 0 Å². The number of ether oxygens (including phenoxy) is 5. The van der Waals surface area contributed by atoms with Gasteiger partial charge in [0.1, 0.15) is 5.75 Å². The van der Waals surface area contributed by atoms with Gasteiger partial charge in [0, 0.05) is 30.7 Å². The topological polar surface area (TPSA) is 105 Å². The molecule has 4 N–H and O–H groups in total. The van der Waals surface area contributed by atoms with Gasteiger partial charge in [0.05, 0.1) is 32.7 Å². The van der Waals surface area contributed by atoms with Crippen molar-refractivity contribution in [2.75, 3.05) is 60.0 Å². The number of nitrogens with zero attached hydrogens (tertiary/aromatic N) is 2. The molecule has 0 saturated carbocycles. The summed E-state index contributed by atoms with van der Waals surface area (Å²) >= 11 is 0. The maximum absolute atomic E-state index is 7.01. The normalized spacial score (nSPS) is 19.2. The molecule has 46 heavy (non-hydrogen) atoms. The Bertz CT molecular complexity index is 1790. The van der Waals surface area contributed by atoms with Crippen LogP contribution < -0.4 is 35.2 Å². The molecule has 9 nitrogen and oxygen atoms in total. The molecule has 4 aromatic carbocycles. The van der Waals surface area contributed by atoms with Gasteiger partial charge < -0.3 is 35.2 Å². The molecule has 0 unspecified atom stereocenters. The summed E-state index contributed by atoms with van der Waals surface area (Å²) in [5.74, 6) is 4.45. The van der Waals surface area contributed by atoms with Crippen LogP contribution in [0.15, 0.2) is 54.6 Å². The molecule has 0 saturated heterocycles. The van der Waals surface area contributed by atoms with Crippen LogP contribution in [0.3, 0.4) is 0 Å². The van der Waals surface area contributed by atoms with Gasteiger partial charge in [-0.1, -0.05) is 12.1 Å². The number of likely N-dealkylation sites (N-methyl/N-ethyl adjacent to an activating group) is 2. The molecule has 2 atom stereocenters. The smallest absolute Gasteiger partial charge is 0.204 e. The summed E-state index contributed by atoms with van der Waals surface area (Å²) in [5, 5.41) is 0. The Kier molecular flexibility index (Phi) is 7.82. The van der Waals surface area contributed by atoms with Crippen LogP contribution >= 0.6 is 0 Å². The second-order valence-electron chi connectivity index (χ2n) is 12.6. The molecule has 4 aromatic rings. The molecule has 6 bridgehead atoms. The molecule has 4 aliphatic heterocycles. The van der Waals surface area contributed by atoms with Gasteiger partial charge in [-0.3, -0.25) is 9.80 Å². The average molecular weight is 623 g/mol. The Morgan fingerprint density at radius 3 is 2.09 bits per heavy atom. The standard InChI is InChI=1S/C37H42N4O5/c1-40-12-10-23-18-30(42-3)31-20-26(23)28(40)16-22-14-27(38)35(39)32(17-22)45-25-8-6-21(7-9-25)15-29-34-24(11-13-41(29)2)19-33(43-4)36(44-5)37(34)46-31/h6-9,14,17-20,28-29H,10-13,15-16,38-39H2,1-5H3/t28-,29+/m1/s1. The lowest BCUT2D eigenvalue weighted by molar-refractivity contribution is 0.220. The van der Waals surface area contributed by atoms with Crippen molar-refractivity contribution in [2.24, 2.45) is 0 Å². The van der Waals surface area contributed by atoms with Crippen molar-refractivity contribution in [3.05, 3.63) is 88.0 Å². The number of benzene rings is 4. The summed E-state index contributed by atoms with van der Waals surface area (Å²) in [6.07, 6.45) is 3.23. The largest absolute Gasteiger partial charge is 0.493 e. The van der Waals surface area contributed by atoms with Crippen LogP contribution in [0.4, 0.5) is 11.4 Å². The molecule has 0 aromatic heterocycles. The van der Waals surface area contributed by atoms with Gasteiger partial charge in [-0.05, 0) is 110 Å². The molecule has 0 fully saturated rings. The van der Waals surface area contributed by atoms with Gasteiger partial charge >= 0.3 is 0 Å². The minimum atomic E-state index is 0.0267. The number of anilines is 2. The molecule has 4 heterocycles. The van der Waals surface area contributed by atoms with E-state index in [-0.39, 0.29) is 12.1 Å². The molecule has 0 radical (unpaired) electrons. The third kappa shape index (κ3) is 5.23. The second-order valence-corrected chi connectivity index (χ2v) is 12.6. The Hall–Kier alpha value is -4.60. The van der Waals surface area contributed by atoms with Crippen molar-refractivity contribution in [3.63, 3.8) is 0 Å². The fourth-order valence-electron chi connectivity index (χ4n) is 7.26. The van der Waals surface area contributed by atoms with Crippen LogP contribution in [-0.2, 0) is 25.7 Å². The molecule has 0 aliphatic carbocycles. The Balaban J connectivity index is 1.47. The van der Waals surface area contributed by atoms with Gasteiger partial charge in [-0.15, -0.1) is 0 Å². The predicted molar refractivity (Wildman–Crippen MR) is 180 cm³/mol. The van der Waals surface area contributed by atoms with Crippen LogP contribution in [0.1, 0.15) is 45.5 Å². The van der Waals surface area contributed by atoms with Crippen LogP contribution in [0.5, 0.6) is 40.2 Å². The number of methoxy groups -OCH3 is 3. The van der Waals surface area contributed by atoms with E-state index in [1.165, 1.54) is 16.7 Å². The third-order valence-electron chi connectivity index (χ3n) is 9.85. The molecule has 240 valence electrons. The summed E-state index contributed by atoms with van der Waals surface area (Å²) in [7, 11) is 9.35. The molecular formula is C37H42N4O5. The van der Waals surface area contributed by atoms with E-state index >= 15 is 0 Å². The Morgan fingerprint density at radius 1 is 0.696 bits per heavy atom. The molecule has 0 amide bonds. The summed E-state index contributed by atoms with van der Waals surface area (Å²) in [6.45, 7) is 1.81. The van der Waals surface area contributed by atoms with Crippen molar-refractivity contribution >= 4 is 11.4 Å². The highest BCUT2D eigenvalue weighted by Gasteiger charge is 2.34. The molecule has 8 rings (SSSR count). The number of hydrogen-bond acceptors (Lipinski definition) is 9. The maximum Gasteiger partial charge on any atom is 0.204 e. The van der Waals surface area contributed by atoms with E-state index < -0.39 is 0 Å². The first kappa shape index (κ1) is 30.1. The van der Waals surface area contributed by atoms with E-state index in [1.54, 1.807) is 21.3 Å². The summed E-state index contributed by atoms with van der Waals surface area (Å²) in [6, 6.07) is 18.6. The van der Waals surface area contributed by atoms with Crippen molar-refractivity contribution in [1.29, 1.82) is 0 Å². The summed E-state index contributed by atoms with van der Waals surface area (Å²) in [4.78, 5) is 4.76. The first-order chi connectivity index (χ1) is 22.3. The fourth-order valence-corrected chi connectivity index (χ4v) is 7.26. The van der Waals surface area contributed by atoms with Crippen molar-refractivity contribution in [1.82, 2.24) is 9.80 Å². The first-order valence-corrected chi connectivity index (χ1v) is 15.8. The average Bonchev–Trinajstić information content (AvgIpc) is 3.05. The molecular weight excluding hydrogens is 580 g/mol. The van der Waals surface area contributed by atoms with E-state index in [1.807, 2.05) is 24.3 Å². The number of fused-ring (bicyclic) bond motifs is 2. The first-order valence-electron chi connectivity index (χ1n) is 15.8. The zero-order valence-electron chi connectivity index (χ0n) is 27.2. The monoisotopic (exact) mass is 622 g/mol. The van der Waals surface area contributed by atoms with Crippen LogP contribution in [0.2, 0.25) is 0 Å². The SMILES string of the molecule is COc1cc2c3cc1Oc1c(OC)c(OC)cc4c1[C@H](Cc1ccc(cc1)Oc1cc(cc(N)c1N)C[C@H]3N(C)CC2)N(C)CC4. The van der Waals surface area contributed by atoms with E-state index in [0.717, 1.165) is 49.0 Å². The quantitative estimate of drug-likeness (QED) is 0.254. The summed E-state index contributed by atoms with van der Waals surface area (Å²) < 4.78 is 31.2. The van der Waals surface area contributed by atoms with Gasteiger partial charge in [0.25, 0.3) is 0 Å². The van der Waals surface area contributed by atoms with Gasteiger partial charge in [0.15, 0.2) is 28.7 Å².